The Labute approximate surface area is 118 Å². The van der Waals surface area contributed by atoms with E-state index in [9.17, 15) is 10.1 Å². The van der Waals surface area contributed by atoms with Crippen LogP contribution in [-0.4, -0.2) is 34.5 Å². The van der Waals surface area contributed by atoms with Crippen molar-refractivity contribution in [2.75, 3.05) is 29.9 Å². The van der Waals surface area contributed by atoms with Gasteiger partial charge in [-0.3, -0.25) is 10.1 Å². The SMILES string of the molecule is CCNc1ncc([N+](=O)[O-])c(N2CCCC(C)(C)C2)n1. The predicted octanol–water partition coefficient (Wildman–Crippen LogP) is 2.44. The Hall–Kier alpha value is -1.92. The largest absolute Gasteiger partial charge is 0.354 e. The standard InChI is InChI=1S/C13H21N5O2/c1-4-14-12-15-8-10(18(19)20)11(16-12)17-7-5-6-13(2,3)9-17/h8H,4-7,9H2,1-3H3,(H,14,15,16). The summed E-state index contributed by atoms with van der Waals surface area (Å²) in [5.74, 6) is 0.866. The van der Waals surface area contributed by atoms with Crippen LogP contribution in [0.5, 0.6) is 0 Å². The number of nitrogens with zero attached hydrogens (tertiary/aromatic N) is 4. The van der Waals surface area contributed by atoms with Crippen LogP contribution in [0.3, 0.4) is 0 Å². The Morgan fingerprint density at radius 2 is 2.30 bits per heavy atom. The minimum absolute atomic E-state index is 0.0237. The molecule has 1 aromatic heterocycles. The van der Waals surface area contributed by atoms with E-state index < -0.39 is 4.92 Å². The molecule has 2 heterocycles. The molecule has 0 aromatic carbocycles. The second kappa shape index (κ2) is 5.60. The highest BCUT2D eigenvalue weighted by Crippen LogP contribution is 2.34. The molecule has 0 unspecified atom stereocenters. The topological polar surface area (TPSA) is 84.2 Å². The van der Waals surface area contributed by atoms with Crippen LogP contribution in [0.25, 0.3) is 0 Å². The molecule has 1 saturated heterocycles. The van der Waals surface area contributed by atoms with Gasteiger partial charge < -0.3 is 10.2 Å². The van der Waals surface area contributed by atoms with E-state index in [1.54, 1.807) is 0 Å². The third-order valence-corrected chi connectivity index (χ3v) is 3.48. The highest BCUT2D eigenvalue weighted by atomic mass is 16.6. The molecule has 2 rings (SSSR count). The molecule has 0 aliphatic carbocycles. The number of hydrogen-bond donors (Lipinski definition) is 1. The Bertz CT molecular complexity index is 504. The lowest BCUT2D eigenvalue weighted by Gasteiger charge is -2.38. The van der Waals surface area contributed by atoms with Crippen molar-refractivity contribution >= 4 is 17.5 Å². The highest BCUT2D eigenvalue weighted by molar-refractivity contribution is 5.59. The summed E-state index contributed by atoms with van der Waals surface area (Å²) in [7, 11) is 0. The van der Waals surface area contributed by atoms with Crippen molar-refractivity contribution < 1.29 is 4.92 Å². The molecule has 0 amide bonds. The normalized spacial score (nSPS) is 17.9. The fourth-order valence-corrected chi connectivity index (χ4v) is 2.58. The zero-order valence-corrected chi connectivity index (χ0v) is 12.2. The maximum absolute atomic E-state index is 11.2. The number of nitrogens with one attached hydrogen (secondary N) is 1. The molecule has 0 radical (unpaired) electrons. The zero-order valence-electron chi connectivity index (χ0n) is 12.2. The summed E-state index contributed by atoms with van der Waals surface area (Å²) in [5, 5.41) is 14.2. The Kier molecular flexibility index (Phi) is 4.06. The van der Waals surface area contributed by atoms with Gasteiger partial charge in [-0.1, -0.05) is 13.8 Å². The zero-order chi connectivity index (χ0) is 14.8. The van der Waals surface area contributed by atoms with Crippen molar-refractivity contribution in [1.82, 2.24) is 9.97 Å². The molecule has 0 bridgehead atoms. The van der Waals surface area contributed by atoms with E-state index in [2.05, 4.69) is 29.1 Å². The van der Waals surface area contributed by atoms with E-state index in [0.29, 0.717) is 18.3 Å². The number of piperidine rings is 1. The van der Waals surface area contributed by atoms with Gasteiger partial charge in [-0.05, 0) is 25.2 Å². The van der Waals surface area contributed by atoms with Crippen LogP contribution in [0.2, 0.25) is 0 Å². The summed E-state index contributed by atoms with van der Waals surface area (Å²) in [4.78, 5) is 21.1. The highest BCUT2D eigenvalue weighted by Gasteiger charge is 2.31. The minimum atomic E-state index is -0.410. The third kappa shape index (κ3) is 3.15. The van der Waals surface area contributed by atoms with Gasteiger partial charge in [0.2, 0.25) is 11.8 Å². The average Bonchev–Trinajstić information content (AvgIpc) is 2.37. The molecule has 1 aliphatic rings. The number of anilines is 2. The molecule has 0 spiro atoms. The first-order valence-electron chi connectivity index (χ1n) is 6.93. The molecule has 7 heteroatoms. The molecule has 1 N–H and O–H groups in total. The van der Waals surface area contributed by atoms with E-state index in [1.807, 2.05) is 11.8 Å². The lowest BCUT2D eigenvalue weighted by molar-refractivity contribution is -0.384. The van der Waals surface area contributed by atoms with Crippen LogP contribution in [0.15, 0.2) is 6.20 Å². The smallest absolute Gasteiger partial charge is 0.329 e. The van der Waals surface area contributed by atoms with E-state index in [1.165, 1.54) is 6.20 Å². The first kappa shape index (κ1) is 14.5. The molecule has 0 saturated carbocycles. The number of nitro groups is 1. The molecular formula is C13H21N5O2. The molecule has 0 atom stereocenters. The summed E-state index contributed by atoms with van der Waals surface area (Å²) >= 11 is 0. The molecule has 7 nitrogen and oxygen atoms in total. The van der Waals surface area contributed by atoms with Gasteiger partial charge in [0.1, 0.15) is 6.20 Å². The second-order valence-corrected chi connectivity index (χ2v) is 5.88. The first-order chi connectivity index (χ1) is 9.43. The van der Waals surface area contributed by atoms with E-state index >= 15 is 0 Å². The first-order valence-corrected chi connectivity index (χ1v) is 6.93. The van der Waals surface area contributed by atoms with Crippen molar-refractivity contribution in [3.05, 3.63) is 16.3 Å². The summed E-state index contributed by atoms with van der Waals surface area (Å²) in [6.07, 6.45) is 3.44. The summed E-state index contributed by atoms with van der Waals surface area (Å²) in [6, 6.07) is 0. The Morgan fingerprint density at radius 3 is 2.90 bits per heavy atom. The number of hydrogen-bond acceptors (Lipinski definition) is 6. The van der Waals surface area contributed by atoms with Crippen molar-refractivity contribution in [3.8, 4) is 0 Å². The maximum atomic E-state index is 11.2. The molecule has 20 heavy (non-hydrogen) atoms. The fraction of sp³-hybridized carbons (Fsp3) is 0.692. The molecular weight excluding hydrogens is 258 g/mol. The van der Waals surface area contributed by atoms with Gasteiger partial charge in [-0.2, -0.15) is 4.98 Å². The molecule has 110 valence electrons. The molecule has 1 aliphatic heterocycles. The second-order valence-electron chi connectivity index (χ2n) is 5.88. The summed E-state index contributed by atoms with van der Waals surface area (Å²) in [6.45, 7) is 8.55. The molecule has 1 aromatic rings. The quantitative estimate of drug-likeness (QED) is 0.673. The Balaban J connectivity index is 2.36. The van der Waals surface area contributed by atoms with Crippen LogP contribution in [-0.2, 0) is 0 Å². The van der Waals surface area contributed by atoms with Crippen LogP contribution in [0.1, 0.15) is 33.6 Å². The van der Waals surface area contributed by atoms with Gasteiger partial charge in [0, 0.05) is 19.6 Å². The monoisotopic (exact) mass is 279 g/mol. The van der Waals surface area contributed by atoms with E-state index in [-0.39, 0.29) is 11.1 Å². The van der Waals surface area contributed by atoms with Crippen molar-refractivity contribution in [3.63, 3.8) is 0 Å². The van der Waals surface area contributed by atoms with E-state index in [0.717, 1.165) is 25.9 Å². The fourth-order valence-electron chi connectivity index (χ4n) is 2.58. The number of rotatable bonds is 4. The maximum Gasteiger partial charge on any atom is 0.329 e. The predicted molar refractivity (Wildman–Crippen MR) is 78.1 cm³/mol. The summed E-state index contributed by atoms with van der Waals surface area (Å²) < 4.78 is 0. The van der Waals surface area contributed by atoms with Gasteiger partial charge in [0.15, 0.2) is 0 Å². The molecule has 1 fully saturated rings. The van der Waals surface area contributed by atoms with Crippen LogP contribution >= 0.6 is 0 Å². The van der Waals surface area contributed by atoms with Crippen LogP contribution in [0.4, 0.5) is 17.5 Å². The van der Waals surface area contributed by atoms with Crippen LogP contribution in [0, 0.1) is 15.5 Å². The van der Waals surface area contributed by atoms with Crippen molar-refractivity contribution in [1.29, 1.82) is 0 Å². The van der Waals surface area contributed by atoms with Gasteiger partial charge in [0.05, 0.1) is 4.92 Å². The van der Waals surface area contributed by atoms with Gasteiger partial charge >= 0.3 is 5.69 Å². The van der Waals surface area contributed by atoms with E-state index in [4.69, 9.17) is 0 Å². The van der Waals surface area contributed by atoms with Gasteiger partial charge in [0.25, 0.3) is 0 Å². The summed E-state index contributed by atoms with van der Waals surface area (Å²) in [5.41, 5.74) is 0.124. The van der Waals surface area contributed by atoms with Gasteiger partial charge in [-0.15, -0.1) is 0 Å². The van der Waals surface area contributed by atoms with Gasteiger partial charge in [-0.25, -0.2) is 4.98 Å². The Morgan fingerprint density at radius 1 is 1.55 bits per heavy atom. The van der Waals surface area contributed by atoms with Crippen molar-refractivity contribution in [2.24, 2.45) is 5.41 Å². The van der Waals surface area contributed by atoms with Crippen molar-refractivity contribution in [2.45, 2.75) is 33.6 Å². The average molecular weight is 279 g/mol. The lowest BCUT2D eigenvalue weighted by atomic mass is 9.84. The number of aromatic nitrogens is 2. The minimum Gasteiger partial charge on any atom is -0.354 e. The lowest BCUT2D eigenvalue weighted by Crippen LogP contribution is -2.40. The van der Waals surface area contributed by atoms with Crippen LogP contribution < -0.4 is 10.2 Å². The third-order valence-electron chi connectivity index (χ3n) is 3.48.